The molecule has 0 aliphatic heterocycles. The zero-order chi connectivity index (χ0) is 22.5. The Morgan fingerprint density at radius 2 is 1.62 bits per heavy atom. The molecule has 0 unspecified atom stereocenters. The van der Waals surface area contributed by atoms with Gasteiger partial charge < -0.3 is 4.74 Å². The molecular weight excluding hydrogens is 415 g/mol. The summed E-state index contributed by atoms with van der Waals surface area (Å²) in [7, 11) is 0. The molecule has 4 aromatic rings. The maximum absolute atomic E-state index is 13.2. The first-order valence-electron chi connectivity index (χ1n) is 9.58. The zero-order valence-electron chi connectivity index (χ0n) is 16.6. The summed E-state index contributed by atoms with van der Waals surface area (Å²) in [6, 6.07) is 20.6. The molecule has 8 nitrogen and oxygen atoms in total. The van der Waals surface area contributed by atoms with E-state index in [0.717, 1.165) is 10.7 Å². The van der Waals surface area contributed by atoms with Crippen molar-refractivity contribution in [2.45, 2.75) is 0 Å². The number of amides is 2. The lowest BCUT2D eigenvalue weighted by Crippen LogP contribution is -2.44. The van der Waals surface area contributed by atoms with Crippen molar-refractivity contribution < 1.29 is 18.7 Å². The molecule has 1 aromatic heterocycles. The topological polar surface area (TPSA) is 102 Å². The molecule has 0 saturated heterocycles. The number of rotatable bonds is 5. The molecular formula is C23H17FN4O4. The van der Waals surface area contributed by atoms with E-state index in [1.54, 1.807) is 54.6 Å². The molecule has 0 aliphatic rings. The molecule has 0 bridgehead atoms. The van der Waals surface area contributed by atoms with Gasteiger partial charge in [-0.25, -0.2) is 4.39 Å². The summed E-state index contributed by atoms with van der Waals surface area (Å²) in [4.78, 5) is 37.7. The van der Waals surface area contributed by atoms with Crippen molar-refractivity contribution in [2.75, 3.05) is 6.61 Å². The molecule has 2 amide bonds. The maximum atomic E-state index is 13.2. The van der Waals surface area contributed by atoms with Crippen LogP contribution in [0.25, 0.3) is 16.5 Å². The second-order valence-corrected chi connectivity index (χ2v) is 6.70. The van der Waals surface area contributed by atoms with Crippen molar-refractivity contribution in [3.05, 3.63) is 101 Å². The number of hydrazine groups is 1. The highest BCUT2D eigenvalue weighted by Crippen LogP contribution is 2.15. The van der Waals surface area contributed by atoms with Gasteiger partial charge in [0.1, 0.15) is 11.6 Å². The first-order valence-corrected chi connectivity index (χ1v) is 9.58. The lowest BCUT2D eigenvalue weighted by atomic mass is 10.1. The molecule has 0 radical (unpaired) electrons. The van der Waals surface area contributed by atoms with Crippen molar-refractivity contribution in [3.63, 3.8) is 0 Å². The Balaban J connectivity index is 1.53. The van der Waals surface area contributed by atoms with Crippen molar-refractivity contribution in [2.24, 2.45) is 0 Å². The highest BCUT2D eigenvalue weighted by Gasteiger charge is 2.18. The first kappa shape index (κ1) is 20.7. The largest absolute Gasteiger partial charge is 0.484 e. The monoisotopic (exact) mass is 432 g/mol. The van der Waals surface area contributed by atoms with Crippen molar-refractivity contribution >= 4 is 22.6 Å². The number of benzene rings is 3. The molecule has 0 aliphatic carbocycles. The summed E-state index contributed by atoms with van der Waals surface area (Å²) in [6.45, 7) is -0.443. The van der Waals surface area contributed by atoms with Crippen LogP contribution in [0.15, 0.2) is 83.7 Å². The fourth-order valence-electron chi connectivity index (χ4n) is 3.03. The van der Waals surface area contributed by atoms with Crippen molar-refractivity contribution in [1.29, 1.82) is 0 Å². The normalized spacial score (nSPS) is 10.5. The number of hydrogen-bond acceptors (Lipinski definition) is 5. The molecule has 2 N–H and O–H groups in total. The molecule has 0 fully saturated rings. The fourth-order valence-corrected chi connectivity index (χ4v) is 3.03. The van der Waals surface area contributed by atoms with Gasteiger partial charge in [-0.15, -0.1) is 0 Å². The summed E-state index contributed by atoms with van der Waals surface area (Å²) in [5, 5.41) is 4.86. The number of hydrogen-bond donors (Lipinski definition) is 2. The van der Waals surface area contributed by atoms with E-state index in [-0.39, 0.29) is 17.0 Å². The molecule has 9 heteroatoms. The van der Waals surface area contributed by atoms with Gasteiger partial charge in [-0.05, 0) is 30.3 Å². The number of ether oxygens (including phenoxy) is 1. The van der Waals surface area contributed by atoms with E-state index in [2.05, 4.69) is 16.0 Å². The predicted molar refractivity (Wildman–Crippen MR) is 115 cm³/mol. The summed E-state index contributed by atoms with van der Waals surface area (Å²) in [6.07, 6.45) is 0. The van der Waals surface area contributed by atoms with Gasteiger partial charge in [-0.1, -0.05) is 42.5 Å². The highest BCUT2D eigenvalue weighted by atomic mass is 19.1. The zero-order valence-corrected chi connectivity index (χ0v) is 16.6. The first-order chi connectivity index (χ1) is 15.5. The Morgan fingerprint density at radius 3 is 2.38 bits per heavy atom. The smallest absolute Gasteiger partial charge is 0.290 e. The van der Waals surface area contributed by atoms with Gasteiger partial charge in [-0.2, -0.15) is 9.78 Å². The number of halogens is 1. The van der Waals surface area contributed by atoms with Gasteiger partial charge in [0.05, 0.1) is 11.1 Å². The number of fused-ring (bicyclic) bond motifs is 1. The highest BCUT2D eigenvalue weighted by molar-refractivity contribution is 6.05. The average molecular weight is 432 g/mol. The lowest BCUT2D eigenvalue weighted by molar-refractivity contribution is -0.123. The van der Waals surface area contributed by atoms with E-state index in [1.165, 1.54) is 18.2 Å². The van der Waals surface area contributed by atoms with Gasteiger partial charge in [-0.3, -0.25) is 25.2 Å². The maximum Gasteiger partial charge on any atom is 0.290 e. The van der Waals surface area contributed by atoms with Crippen LogP contribution >= 0.6 is 0 Å². The van der Waals surface area contributed by atoms with Gasteiger partial charge in [0.15, 0.2) is 12.3 Å². The SMILES string of the molecule is O=C(COc1cccc(F)c1)NNC(=O)c1nn(-c2ccccc2)c(=O)c2ccccc12. The number of nitrogens with one attached hydrogen (secondary N) is 2. The summed E-state index contributed by atoms with van der Waals surface area (Å²) >= 11 is 0. The van der Waals surface area contributed by atoms with Crippen molar-refractivity contribution in [1.82, 2.24) is 20.6 Å². The standard InChI is InChI=1S/C23H17FN4O4/c24-15-7-6-10-17(13-15)32-14-20(29)25-26-22(30)21-18-11-4-5-12-19(18)23(31)28(27-21)16-8-2-1-3-9-16/h1-13H,14H2,(H,25,29)(H,26,30). The van der Waals surface area contributed by atoms with Crippen LogP contribution in [0.3, 0.4) is 0 Å². The Morgan fingerprint density at radius 1 is 0.906 bits per heavy atom. The summed E-state index contributed by atoms with van der Waals surface area (Å²) < 4.78 is 19.5. The third-order valence-electron chi connectivity index (χ3n) is 4.50. The Hall–Kier alpha value is -4.53. The third-order valence-corrected chi connectivity index (χ3v) is 4.50. The number of nitrogens with zero attached hydrogens (tertiary/aromatic N) is 2. The molecule has 160 valence electrons. The van der Waals surface area contributed by atoms with Crippen LogP contribution in [-0.2, 0) is 4.79 Å². The van der Waals surface area contributed by atoms with Crippen LogP contribution in [0.1, 0.15) is 10.5 Å². The molecule has 1 heterocycles. The van der Waals surface area contributed by atoms with Crippen LogP contribution in [0.2, 0.25) is 0 Å². The van der Waals surface area contributed by atoms with Crippen LogP contribution in [0.4, 0.5) is 4.39 Å². The van der Waals surface area contributed by atoms with E-state index in [9.17, 15) is 18.8 Å². The number of carbonyl (C=O) groups excluding carboxylic acids is 2. The number of para-hydroxylation sites is 1. The minimum absolute atomic E-state index is 0.0459. The number of aromatic nitrogens is 2. The van der Waals surface area contributed by atoms with E-state index in [1.807, 2.05) is 0 Å². The number of carbonyl (C=O) groups is 2. The van der Waals surface area contributed by atoms with Gasteiger partial charge in [0, 0.05) is 11.5 Å². The van der Waals surface area contributed by atoms with Crippen LogP contribution in [0, 0.1) is 5.82 Å². The van der Waals surface area contributed by atoms with Gasteiger partial charge in [0.2, 0.25) is 0 Å². The van der Waals surface area contributed by atoms with E-state index < -0.39 is 24.2 Å². The predicted octanol–water partition coefficient (Wildman–Crippen LogP) is 2.36. The second-order valence-electron chi connectivity index (χ2n) is 6.70. The molecule has 32 heavy (non-hydrogen) atoms. The Labute approximate surface area is 181 Å². The third kappa shape index (κ3) is 4.46. The van der Waals surface area contributed by atoms with E-state index in [4.69, 9.17) is 4.74 Å². The van der Waals surface area contributed by atoms with E-state index in [0.29, 0.717) is 16.5 Å². The molecule has 4 rings (SSSR count). The van der Waals surface area contributed by atoms with E-state index >= 15 is 0 Å². The fraction of sp³-hybridized carbons (Fsp3) is 0.0435. The summed E-state index contributed by atoms with van der Waals surface area (Å²) in [5.74, 6) is -1.70. The lowest BCUT2D eigenvalue weighted by Gasteiger charge is -2.12. The van der Waals surface area contributed by atoms with Crippen molar-refractivity contribution in [3.8, 4) is 11.4 Å². The molecule has 0 atom stereocenters. The van der Waals surface area contributed by atoms with Crippen LogP contribution in [0.5, 0.6) is 5.75 Å². The van der Waals surface area contributed by atoms with Crippen LogP contribution < -0.4 is 21.1 Å². The Kier molecular flexibility index (Phi) is 5.89. The minimum atomic E-state index is -0.718. The van der Waals surface area contributed by atoms with Gasteiger partial charge >= 0.3 is 0 Å². The quantitative estimate of drug-likeness (QED) is 0.472. The second kappa shape index (κ2) is 9.09. The molecule has 3 aromatic carbocycles. The van der Waals surface area contributed by atoms with Crippen LogP contribution in [-0.4, -0.2) is 28.2 Å². The summed E-state index contributed by atoms with van der Waals surface area (Å²) in [5.41, 5.74) is 4.55. The Bertz CT molecular complexity index is 1360. The molecule has 0 spiro atoms. The molecule has 0 saturated carbocycles. The van der Waals surface area contributed by atoms with Gasteiger partial charge in [0.25, 0.3) is 17.4 Å². The average Bonchev–Trinajstić information content (AvgIpc) is 2.82. The minimum Gasteiger partial charge on any atom is -0.484 e.